The number of hydrazine groups is 1. The van der Waals surface area contributed by atoms with Crippen LogP contribution in [0.25, 0.3) is 0 Å². The van der Waals surface area contributed by atoms with Crippen molar-refractivity contribution in [2.24, 2.45) is 0 Å². The van der Waals surface area contributed by atoms with Gasteiger partial charge < -0.3 is 9.47 Å². The summed E-state index contributed by atoms with van der Waals surface area (Å²) in [4.78, 5) is 33.8. The summed E-state index contributed by atoms with van der Waals surface area (Å²) in [7, 11) is 1.24. The van der Waals surface area contributed by atoms with Crippen molar-refractivity contribution >= 4 is 17.8 Å². The van der Waals surface area contributed by atoms with Crippen molar-refractivity contribution in [3.63, 3.8) is 0 Å². The molecule has 0 aliphatic heterocycles. The lowest BCUT2D eigenvalue weighted by Gasteiger charge is -2.10. The number of hydrogen-bond donors (Lipinski definition) is 2. The number of rotatable bonds is 6. The first-order valence-corrected chi connectivity index (χ1v) is 6.77. The fourth-order valence-corrected chi connectivity index (χ4v) is 1.66. The molecule has 1 aromatic rings. The SMILES string of the molecule is COC(=O)CCC(=O)NNC(=O)COc1ccc(C)cc1C. The largest absolute Gasteiger partial charge is 0.483 e. The first kappa shape index (κ1) is 17.5. The molecule has 1 rings (SSSR count). The molecule has 0 bridgehead atoms. The maximum absolute atomic E-state index is 11.6. The molecule has 2 amide bonds. The Bertz CT molecular complexity index is 557. The minimum atomic E-state index is -0.494. The van der Waals surface area contributed by atoms with Gasteiger partial charge in [-0.05, 0) is 25.5 Å². The van der Waals surface area contributed by atoms with E-state index in [0.717, 1.165) is 11.1 Å². The monoisotopic (exact) mass is 308 g/mol. The highest BCUT2D eigenvalue weighted by atomic mass is 16.5. The zero-order valence-corrected chi connectivity index (χ0v) is 12.9. The van der Waals surface area contributed by atoms with E-state index in [9.17, 15) is 14.4 Å². The van der Waals surface area contributed by atoms with Gasteiger partial charge in [0.1, 0.15) is 5.75 Å². The number of nitrogens with one attached hydrogen (secondary N) is 2. The Balaban J connectivity index is 2.28. The van der Waals surface area contributed by atoms with Gasteiger partial charge in [-0.3, -0.25) is 25.2 Å². The van der Waals surface area contributed by atoms with E-state index in [1.807, 2.05) is 26.0 Å². The normalized spacial score (nSPS) is 9.77. The first-order valence-electron chi connectivity index (χ1n) is 6.77. The standard InChI is InChI=1S/C15H20N2O5/c1-10-4-5-12(11(2)8-10)22-9-14(19)17-16-13(18)6-7-15(20)21-3/h4-5,8H,6-7,9H2,1-3H3,(H,16,18)(H,17,19). The molecule has 0 saturated heterocycles. The third kappa shape index (κ3) is 6.25. The molecule has 0 aliphatic carbocycles. The molecule has 2 N–H and O–H groups in total. The van der Waals surface area contributed by atoms with Crippen LogP contribution in [0.4, 0.5) is 0 Å². The van der Waals surface area contributed by atoms with E-state index >= 15 is 0 Å². The van der Waals surface area contributed by atoms with E-state index in [4.69, 9.17) is 4.74 Å². The Morgan fingerprint density at radius 1 is 1.05 bits per heavy atom. The highest BCUT2D eigenvalue weighted by Crippen LogP contribution is 2.18. The molecule has 0 spiro atoms. The summed E-state index contributed by atoms with van der Waals surface area (Å²) >= 11 is 0. The molecule has 0 aromatic heterocycles. The molecule has 120 valence electrons. The minimum Gasteiger partial charge on any atom is -0.483 e. The molecule has 0 unspecified atom stereocenters. The summed E-state index contributed by atoms with van der Waals surface area (Å²) in [5.41, 5.74) is 6.44. The molecule has 0 saturated carbocycles. The Morgan fingerprint density at radius 3 is 2.36 bits per heavy atom. The van der Waals surface area contributed by atoms with E-state index in [1.54, 1.807) is 6.07 Å². The molecular weight excluding hydrogens is 288 g/mol. The molecule has 0 atom stereocenters. The summed E-state index contributed by atoms with van der Waals surface area (Å²) in [5.74, 6) is -0.853. The maximum Gasteiger partial charge on any atom is 0.306 e. The molecule has 1 aromatic carbocycles. The van der Waals surface area contributed by atoms with Gasteiger partial charge in [-0.2, -0.15) is 0 Å². The van der Waals surface area contributed by atoms with Gasteiger partial charge >= 0.3 is 5.97 Å². The van der Waals surface area contributed by atoms with Gasteiger partial charge in [0.05, 0.1) is 13.5 Å². The van der Waals surface area contributed by atoms with Crippen molar-refractivity contribution in [3.05, 3.63) is 29.3 Å². The molecule has 22 heavy (non-hydrogen) atoms. The molecular formula is C15H20N2O5. The first-order chi connectivity index (χ1) is 10.4. The van der Waals surface area contributed by atoms with Gasteiger partial charge in [-0.15, -0.1) is 0 Å². The quantitative estimate of drug-likeness (QED) is 0.598. The molecule has 0 aliphatic rings. The predicted molar refractivity (Wildman–Crippen MR) is 78.9 cm³/mol. The summed E-state index contributed by atoms with van der Waals surface area (Å²) in [6.45, 7) is 3.63. The Labute approximate surface area is 128 Å². The zero-order valence-electron chi connectivity index (χ0n) is 12.9. The van der Waals surface area contributed by atoms with E-state index in [1.165, 1.54) is 7.11 Å². The van der Waals surface area contributed by atoms with Crippen LogP contribution in [0.2, 0.25) is 0 Å². The molecule has 7 nitrogen and oxygen atoms in total. The van der Waals surface area contributed by atoms with Crippen LogP contribution in [0, 0.1) is 13.8 Å². The third-order valence-corrected chi connectivity index (χ3v) is 2.81. The minimum absolute atomic E-state index is 0.0444. The van der Waals surface area contributed by atoms with Crippen LogP contribution in [0.15, 0.2) is 18.2 Å². The zero-order chi connectivity index (χ0) is 16.5. The Hall–Kier alpha value is -2.57. The molecule has 7 heteroatoms. The van der Waals surface area contributed by atoms with Crippen molar-refractivity contribution in [2.45, 2.75) is 26.7 Å². The molecule has 0 radical (unpaired) electrons. The topological polar surface area (TPSA) is 93.7 Å². The fraction of sp³-hybridized carbons (Fsp3) is 0.400. The Kier molecular flexibility index (Phi) is 6.88. The second kappa shape index (κ2) is 8.66. The van der Waals surface area contributed by atoms with Crippen LogP contribution < -0.4 is 15.6 Å². The second-order valence-electron chi connectivity index (χ2n) is 4.73. The van der Waals surface area contributed by atoms with E-state index in [-0.39, 0.29) is 19.4 Å². The van der Waals surface area contributed by atoms with Crippen molar-refractivity contribution in [2.75, 3.05) is 13.7 Å². The van der Waals surface area contributed by atoms with E-state index in [0.29, 0.717) is 5.75 Å². The van der Waals surface area contributed by atoms with Gasteiger partial charge in [0.2, 0.25) is 5.91 Å². The number of carbonyl (C=O) groups excluding carboxylic acids is 3. The smallest absolute Gasteiger partial charge is 0.306 e. The lowest BCUT2D eigenvalue weighted by Crippen LogP contribution is -2.43. The van der Waals surface area contributed by atoms with Crippen molar-refractivity contribution in [1.82, 2.24) is 10.9 Å². The highest BCUT2D eigenvalue weighted by Gasteiger charge is 2.09. The third-order valence-electron chi connectivity index (χ3n) is 2.81. The number of esters is 1. The number of carbonyl (C=O) groups is 3. The lowest BCUT2D eigenvalue weighted by molar-refractivity contribution is -0.142. The number of ether oxygens (including phenoxy) is 2. The van der Waals surface area contributed by atoms with Gasteiger partial charge in [0.25, 0.3) is 5.91 Å². The second-order valence-corrected chi connectivity index (χ2v) is 4.73. The van der Waals surface area contributed by atoms with Crippen LogP contribution in [0.1, 0.15) is 24.0 Å². The van der Waals surface area contributed by atoms with Crippen molar-refractivity contribution in [1.29, 1.82) is 0 Å². The van der Waals surface area contributed by atoms with Gasteiger partial charge in [-0.25, -0.2) is 0 Å². The average Bonchev–Trinajstić information content (AvgIpc) is 2.49. The molecule has 0 heterocycles. The van der Waals surface area contributed by atoms with Crippen LogP contribution in [0.3, 0.4) is 0 Å². The predicted octanol–water partition coefficient (Wildman–Crippen LogP) is 0.783. The summed E-state index contributed by atoms with van der Waals surface area (Å²) < 4.78 is 9.77. The lowest BCUT2D eigenvalue weighted by atomic mass is 10.1. The van der Waals surface area contributed by atoms with Gasteiger partial charge in [0, 0.05) is 6.42 Å². The van der Waals surface area contributed by atoms with Crippen molar-refractivity contribution < 1.29 is 23.9 Å². The highest BCUT2D eigenvalue weighted by molar-refractivity contribution is 5.84. The van der Waals surface area contributed by atoms with Gasteiger partial charge in [0.15, 0.2) is 6.61 Å². The number of amides is 2. The van der Waals surface area contributed by atoms with Gasteiger partial charge in [-0.1, -0.05) is 17.7 Å². The van der Waals surface area contributed by atoms with Crippen LogP contribution in [0.5, 0.6) is 5.75 Å². The average molecular weight is 308 g/mol. The number of benzene rings is 1. The van der Waals surface area contributed by atoms with Crippen LogP contribution in [-0.2, 0) is 19.1 Å². The number of aryl methyl sites for hydroxylation is 2. The Morgan fingerprint density at radius 2 is 1.73 bits per heavy atom. The number of methoxy groups -OCH3 is 1. The maximum atomic E-state index is 11.6. The van der Waals surface area contributed by atoms with Crippen LogP contribution >= 0.6 is 0 Å². The van der Waals surface area contributed by atoms with Crippen molar-refractivity contribution in [3.8, 4) is 5.75 Å². The van der Waals surface area contributed by atoms with E-state index < -0.39 is 17.8 Å². The number of hydrogen-bond acceptors (Lipinski definition) is 5. The summed E-state index contributed by atoms with van der Waals surface area (Å²) in [6.07, 6.45) is -0.109. The summed E-state index contributed by atoms with van der Waals surface area (Å²) in [5, 5.41) is 0. The fourth-order valence-electron chi connectivity index (χ4n) is 1.66. The molecule has 0 fully saturated rings. The summed E-state index contributed by atoms with van der Waals surface area (Å²) in [6, 6.07) is 5.61. The van der Waals surface area contributed by atoms with E-state index in [2.05, 4.69) is 15.6 Å². The van der Waals surface area contributed by atoms with Crippen LogP contribution in [-0.4, -0.2) is 31.5 Å².